The van der Waals surface area contributed by atoms with Crippen LogP contribution in [0, 0.1) is 6.92 Å². The number of carboxylic acids is 1. The van der Waals surface area contributed by atoms with E-state index in [0.29, 0.717) is 17.7 Å². The lowest BCUT2D eigenvalue weighted by Gasteiger charge is -2.10. The molecule has 1 N–H and O–H groups in total. The Kier molecular flexibility index (Phi) is 2.75. The van der Waals surface area contributed by atoms with Gasteiger partial charge in [0.1, 0.15) is 11.9 Å². The summed E-state index contributed by atoms with van der Waals surface area (Å²) in [5.41, 5.74) is 3.41. The van der Waals surface area contributed by atoms with E-state index in [2.05, 4.69) is 0 Å². The number of benzene rings is 2. The molecule has 2 aromatic rings. The number of hydrogen-bond donors (Lipinski definition) is 1. The molecule has 1 unspecified atom stereocenters. The highest BCUT2D eigenvalue weighted by atomic mass is 16.5. The maximum absolute atomic E-state index is 11.2. The van der Waals surface area contributed by atoms with Crippen molar-refractivity contribution < 1.29 is 14.6 Å². The van der Waals surface area contributed by atoms with Crippen LogP contribution >= 0.6 is 0 Å². The molecule has 0 saturated heterocycles. The highest BCUT2D eigenvalue weighted by Crippen LogP contribution is 2.38. The van der Waals surface area contributed by atoms with Gasteiger partial charge in [-0.2, -0.15) is 0 Å². The van der Waals surface area contributed by atoms with E-state index in [1.54, 1.807) is 12.1 Å². The molecule has 3 rings (SSSR count). The zero-order valence-corrected chi connectivity index (χ0v) is 10.6. The van der Waals surface area contributed by atoms with Gasteiger partial charge in [0.25, 0.3) is 0 Å². The zero-order valence-electron chi connectivity index (χ0n) is 10.6. The number of ether oxygens (including phenoxy) is 1. The topological polar surface area (TPSA) is 46.5 Å². The number of rotatable bonds is 2. The molecule has 1 heterocycles. The number of carboxylic acid groups (broad SMARTS) is 1. The molecule has 0 fully saturated rings. The van der Waals surface area contributed by atoms with Crippen LogP contribution in [0.2, 0.25) is 0 Å². The molecule has 2 aromatic carbocycles. The monoisotopic (exact) mass is 254 g/mol. The molecule has 3 nitrogen and oxygen atoms in total. The lowest BCUT2D eigenvalue weighted by atomic mass is 9.99. The van der Waals surface area contributed by atoms with E-state index in [0.717, 1.165) is 11.1 Å². The third-order valence-corrected chi connectivity index (χ3v) is 3.47. The van der Waals surface area contributed by atoms with Crippen molar-refractivity contribution in [2.24, 2.45) is 0 Å². The predicted molar refractivity (Wildman–Crippen MR) is 71.7 cm³/mol. The molecule has 0 aliphatic carbocycles. The lowest BCUT2D eigenvalue weighted by molar-refractivity contribution is 0.0696. The molecule has 0 aromatic heterocycles. The van der Waals surface area contributed by atoms with Crippen LogP contribution in [0.15, 0.2) is 42.5 Å². The van der Waals surface area contributed by atoms with Gasteiger partial charge in [-0.1, -0.05) is 35.9 Å². The van der Waals surface area contributed by atoms with E-state index in [-0.39, 0.29) is 6.10 Å². The molecule has 3 heteroatoms. The Hall–Kier alpha value is -2.29. The number of aryl methyl sites for hydroxylation is 1. The van der Waals surface area contributed by atoms with Crippen molar-refractivity contribution in [3.63, 3.8) is 0 Å². The van der Waals surface area contributed by atoms with Crippen molar-refractivity contribution >= 4 is 5.97 Å². The first kappa shape index (κ1) is 11.8. The van der Waals surface area contributed by atoms with E-state index < -0.39 is 5.97 Å². The zero-order chi connectivity index (χ0) is 13.4. The van der Waals surface area contributed by atoms with Gasteiger partial charge in [0.2, 0.25) is 0 Å². The van der Waals surface area contributed by atoms with Crippen LogP contribution in [0.1, 0.15) is 33.2 Å². The van der Waals surface area contributed by atoms with Crippen LogP contribution in [0.3, 0.4) is 0 Å². The molecular formula is C16H14O3. The van der Waals surface area contributed by atoms with Gasteiger partial charge in [0, 0.05) is 12.0 Å². The van der Waals surface area contributed by atoms with Crippen LogP contribution in [-0.2, 0) is 6.42 Å². The van der Waals surface area contributed by atoms with Crippen molar-refractivity contribution in [3.8, 4) is 5.75 Å². The highest BCUT2D eigenvalue weighted by Gasteiger charge is 2.28. The average molecular weight is 254 g/mol. The molecule has 0 amide bonds. The first-order valence-corrected chi connectivity index (χ1v) is 6.23. The summed E-state index contributed by atoms with van der Waals surface area (Å²) in [5, 5.41) is 9.19. The number of aromatic carboxylic acids is 1. The molecule has 1 aliphatic heterocycles. The highest BCUT2D eigenvalue weighted by molar-refractivity contribution is 5.90. The van der Waals surface area contributed by atoms with Crippen molar-refractivity contribution in [3.05, 3.63) is 64.7 Å². The Morgan fingerprint density at radius 2 is 1.95 bits per heavy atom. The van der Waals surface area contributed by atoms with Gasteiger partial charge in [0.15, 0.2) is 0 Å². The lowest BCUT2D eigenvalue weighted by Crippen LogP contribution is -2.04. The Bertz CT molecular complexity index is 629. The third-order valence-electron chi connectivity index (χ3n) is 3.47. The Morgan fingerprint density at radius 3 is 2.63 bits per heavy atom. The van der Waals surface area contributed by atoms with Crippen LogP contribution in [0.5, 0.6) is 5.75 Å². The summed E-state index contributed by atoms with van der Waals surface area (Å²) >= 11 is 0. The van der Waals surface area contributed by atoms with Crippen LogP contribution in [0.25, 0.3) is 0 Å². The van der Waals surface area contributed by atoms with Crippen LogP contribution in [0.4, 0.5) is 0 Å². The van der Waals surface area contributed by atoms with Gasteiger partial charge in [-0.15, -0.1) is 0 Å². The molecule has 1 atom stereocenters. The fourth-order valence-corrected chi connectivity index (χ4v) is 2.43. The molecule has 0 bridgehead atoms. The third kappa shape index (κ3) is 2.08. The summed E-state index contributed by atoms with van der Waals surface area (Å²) in [6.45, 7) is 2.04. The Labute approximate surface area is 111 Å². The van der Waals surface area contributed by atoms with E-state index in [4.69, 9.17) is 4.74 Å². The summed E-state index contributed by atoms with van der Waals surface area (Å²) < 4.78 is 5.86. The van der Waals surface area contributed by atoms with Crippen molar-refractivity contribution in [2.45, 2.75) is 19.4 Å². The smallest absolute Gasteiger partial charge is 0.336 e. The van der Waals surface area contributed by atoms with Gasteiger partial charge in [0.05, 0.1) is 5.56 Å². The predicted octanol–water partition coefficient (Wildman–Crippen LogP) is 3.37. The van der Waals surface area contributed by atoms with Crippen molar-refractivity contribution in [1.29, 1.82) is 0 Å². The van der Waals surface area contributed by atoms with Crippen molar-refractivity contribution in [2.75, 3.05) is 0 Å². The summed E-state index contributed by atoms with van der Waals surface area (Å²) in [5.74, 6) is -0.213. The van der Waals surface area contributed by atoms with E-state index in [1.165, 1.54) is 5.56 Å². The second-order valence-electron chi connectivity index (χ2n) is 4.81. The van der Waals surface area contributed by atoms with E-state index in [1.807, 2.05) is 37.3 Å². The normalized spacial score (nSPS) is 16.8. The van der Waals surface area contributed by atoms with Gasteiger partial charge in [-0.25, -0.2) is 4.79 Å². The molecule has 19 heavy (non-hydrogen) atoms. The van der Waals surface area contributed by atoms with E-state index in [9.17, 15) is 9.90 Å². The Balaban J connectivity index is 1.94. The molecule has 0 radical (unpaired) electrons. The second-order valence-corrected chi connectivity index (χ2v) is 4.81. The van der Waals surface area contributed by atoms with Gasteiger partial charge < -0.3 is 9.84 Å². The summed E-state index contributed by atoms with van der Waals surface area (Å²) in [4.78, 5) is 11.2. The molecule has 0 spiro atoms. The maximum Gasteiger partial charge on any atom is 0.336 e. The number of hydrogen-bond acceptors (Lipinski definition) is 2. The first-order valence-electron chi connectivity index (χ1n) is 6.23. The Morgan fingerprint density at radius 1 is 1.21 bits per heavy atom. The fraction of sp³-hybridized carbons (Fsp3) is 0.188. The van der Waals surface area contributed by atoms with Gasteiger partial charge >= 0.3 is 5.97 Å². The summed E-state index contributed by atoms with van der Waals surface area (Å²) in [7, 11) is 0. The standard InChI is InChI=1S/C16H14O3/c1-10-5-7-11(8-6-10)15-9-13-12(16(17)18)3-2-4-14(13)19-15/h2-8,15H,9H2,1H3,(H,17,18). The van der Waals surface area contributed by atoms with Crippen LogP contribution < -0.4 is 4.74 Å². The minimum Gasteiger partial charge on any atom is -0.485 e. The molecule has 1 aliphatic rings. The average Bonchev–Trinajstić information content (AvgIpc) is 2.82. The SMILES string of the molecule is Cc1ccc(C2Cc3c(cccc3C(=O)O)O2)cc1. The molecule has 0 saturated carbocycles. The maximum atomic E-state index is 11.2. The largest absolute Gasteiger partial charge is 0.485 e. The van der Waals surface area contributed by atoms with E-state index >= 15 is 0 Å². The fourth-order valence-electron chi connectivity index (χ4n) is 2.43. The number of fused-ring (bicyclic) bond motifs is 1. The van der Waals surface area contributed by atoms with Gasteiger partial charge in [-0.3, -0.25) is 0 Å². The summed E-state index contributed by atoms with van der Waals surface area (Å²) in [6, 6.07) is 13.3. The molecular weight excluding hydrogens is 240 g/mol. The van der Waals surface area contributed by atoms with Crippen molar-refractivity contribution in [1.82, 2.24) is 0 Å². The van der Waals surface area contributed by atoms with Gasteiger partial charge in [-0.05, 0) is 24.6 Å². The minimum absolute atomic E-state index is 0.0869. The number of carbonyl (C=O) groups is 1. The second kappa shape index (κ2) is 4.43. The molecule has 96 valence electrons. The summed E-state index contributed by atoms with van der Waals surface area (Å²) in [6.07, 6.45) is 0.525. The quantitative estimate of drug-likeness (QED) is 0.893. The minimum atomic E-state index is -0.898. The van der Waals surface area contributed by atoms with Crippen LogP contribution in [-0.4, -0.2) is 11.1 Å². The first-order chi connectivity index (χ1) is 9.15.